The number of likely N-dealkylation sites (N-methyl/N-ethyl adjacent to an activating group) is 2. The van der Waals surface area contributed by atoms with Crippen LogP contribution in [0.4, 0.5) is 0 Å². The molecule has 128 valence electrons. The van der Waals surface area contributed by atoms with Gasteiger partial charge in [-0.3, -0.25) is 4.79 Å². The summed E-state index contributed by atoms with van der Waals surface area (Å²) in [4.78, 5) is 16.3. The molecule has 1 amide bonds. The first-order chi connectivity index (χ1) is 11.0. The number of thiocarbonyl (C=S) groups is 1. The van der Waals surface area contributed by atoms with Gasteiger partial charge in [-0.1, -0.05) is 30.3 Å². The zero-order valence-electron chi connectivity index (χ0n) is 15.2. The first-order valence-corrected chi connectivity index (χ1v) is 8.81. The number of hydrogen-bond donors (Lipinski definition) is 1. The number of benzene rings is 1. The van der Waals surface area contributed by atoms with E-state index in [0.717, 1.165) is 32.6 Å². The Morgan fingerprint density at radius 2 is 1.75 bits per heavy atom. The molecular weight excluding hydrogens is 349 g/mol. The van der Waals surface area contributed by atoms with Crippen molar-refractivity contribution in [1.29, 1.82) is 0 Å². The molecule has 1 aromatic rings. The van der Waals surface area contributed by atoms with Crippen molar-refractivity contribution in [2.24, 2.45) is 0 Å². The second-order valence-electron chi connectivity index (χ2n) is 5.42. The molecule has 7 heteroatoms. The first kappa shape index (κ1) is 23.8. The average molecular weight is 376 g/mol. The zero-order valence-corrected chi connectivity index (χ0v) is 18.8. The van der Waals surface area contributed by atoms with Crippen molar-refractivity contribution in [2.45, 2.75) is 20.3 Å². The van der Waals surface area contributed by atoms with E-state index in [1.807, 2.05) is 36.2 Å². The van der Waals surface area contributed by atoms with Crippen LogP contribution >= 0.6 is 12.2 Å². The molecule has 1 aromatic carbocycles. The van der Waals surface area contributed by atoms with E-state index in [0.29, 0.717) is 16.4 Å². The fourth-order valence-electron chi connectivity index (χ4n) is 2.18. The quantitative estimate of drug-likeness (QED) is 0.343. The number of hydrogen-bond acceptors (Lipinski definition) is 4. The summed E-state index contributed by atoms with van der Waals surface area (Å²) in [6.07, 6.45) is 0.858. The van der Waals surface area contributed by atoms with Gasteiger partial charge in [-0.15, -0.1) is 0 Å². The Labute approximate surface area is 179 Å². The summed E-state index contributed by atoms with van der Waals surface area (Å²) in [7, 11) is 1.90. The molecule has 0 aromatic heterocycles. The number of nitrogens with zero attached hydrogens (tertiary/aromatic N) is 2. The molecule has 0 radical (unpaired) electrons. The predicted molar refractivity (Wildman–Crippen MR) is 103 cm³/mol. The molecule has 0 fully saturated rings. The minimum Gasteiger partial charge on any atom is -0.411 e. The topological polar surface area (TPSA) is 35.6 Å². The van der Waals surface area contributed by atoms with Gasteiger partial charge in [-0.05, 0) is 37.2 Å². The van der Waals surface area contributed by atoms with Gasteiger partial charge < -0.3 is 40.0 Å². The van der Waals surface area contributed by atoms with Crippen molar-refractivity contribution < 1.29 is 34.4 Å². The van der Waals surface area contributed by atoms with Crippen LogP contribution in [-0.2, 0) is 19.0 Å². The van der Waals surface area contributed by atoms with E-state index in [1.165, 1.54) is 5.56 Å². The van der Waals surface area contributed by atoms with E-state index < -0.39 is 0 Å². The van der Waals surface area contributed by atoms with Gasteiger partial charge in [0.1, 0.15) is 0 Å². The molecule has 0 atom stereocenters. The van der Waals surface area contributed by atoms with Crippen molar-refractivity contribution >= 4 is 35.1 Å². The molecule has 0 aliphatic rings. The summed E-state index contributed by atoms with van der Waals surface area (Å²) in [6, 6.07) is 7.71. The van der Waals surface area contributed by atoms with Gasteiger partial charge in [0.05, 0.1) is 0 Å². The summed E-state index contributed by atoms with van der Waals surface area (Å²) in [5, 5.41) is 2.96. The third-order valence-electron chi connectivity index (χ3n) is 3.87. The van der Waals surface area contributed by atoms with Crippen LogP contribution in [0.5, 0.6) is 0 Å². The summed E-state index contributed by atoms with van der Waals surface area (Å²) in [6.45, 7) is 8.60. The molecule has 1 rings (SSSR count). The number of amides is 1. The van der Waals surface area contributed by atoms with Gasteiger partial charge in [0, 0.05) is 32.2 Å². The van der Waals surface area contributed by atoms with Gasteiger partial charge in [-0.2, -0.15) is 0 Å². The van der Waals surface area contributed by atoms with Gasteiger partial charge in [0.2, 0.25) is 0 Å². The van der Waals surface area contributed by atoms with E-state index in [1.54, 1.807) is 0 Å². The Morgan fingerprint density at radius 3 is 2.25 bits per heavy atom. The smallest absolute Gasteiger partial charge is 0.411 e. The molecule has 0 aliphatic carbocycles. The van der Waals surface area contributed by atoms with Crippen LogP contribution in [0.2, 0.25) is 0 Å². The average Bonchev–Trinajstić information content (AvgIpc) is 2.56. The van der Waals surface area contributed by atoms with Crippen LogP contribution in [0, 0.1) is 0 Å². The maximum atomic E-state index is 12.1. The molecule has 0 bridgehead atoms. The molecule has 1 N–H and O–H groups in total. The van der Waals surface area contributed by atoms with E-state index in [2.05, 4.69) is 24.1 Å². The molecular formula is C17H26N3NaOS2. The molecule has 0 heterocycles. The third kappa shape index (κ3) is 8.74. The molecule has 0 spiro atoms. The van der Waals surface area contributed by atoms with Gasteiger partial charge in [0.25, 0.3) is 5.91 Å². The molecule has 0 saturated carbocycles. The second kappa shape index (κ2) is 13.0. The van der Waals surface area contributed by atoms with E-state index in [9.17, 15) is 4.79 Å². The molecule has 24 heavy (non-hydrogen) atoms. The standard InChI is InChI=1S/C17H27N3OS2.Na/c1-4-20(5-2)13-11-18-16(21)15-8-6-14(7-9-15)10-12-19(3)17(22)23;/h6-9H,4-5,10-13H2,1-3H3,(H,18,21)(H,22,23);/q;+1/p-1. The number of rotatable bonds is 9. The fraction of sp³-hybridized carbons (Fsp3) is 0.529. The number of carbonyl (C=O) groups excluding carboxylic acids is 1. The molecule has 0 unspecified atom stereocenters. The Morgan fingerprint density at radius 1 is 1.17 bits per heavy atom. The normalized spacial score (nSPS) is 10.2. The predicted octanol–water partition coefficient (Wildman–Crippen LogP) is -0.932. The molecule has 4 nitrogen and oxygen atoms in total. The molecule has 0 saturated heterocycles. The minimum atomic E-state index is -0.0208. The fourth-order valence-corrected chi connectivity index (χ4v) is 2.36. The first-order valence-electron chi connectivity index (χ1n) is 7.99. The van der Waals surface area contributed by atoms with Crippen LogP contribution in [0.3, 0.4) is 0 Å². The SMILES string of the molecule is CCN(CC)CCNC(=O)c1ccc(CCN(C)C(=S)[S-])cc1.[Na+]. The second-order valence-corrected chi connectivity index (χ2v) is 6.45. The van der Waals surface area contributed by atoms with Crippen LogP contribution in [-0.4, -0.2) is 59.8 Å². The van der Waals surface area contributed by atoms with E-state index >= 15 is 0 Å². The zero-order chi connectivity index (χ0) is 17.2. The maximum Gasteiger partial charge on any atom is 1.00 e. The number of nitrogens with one attached hydrogen (secondary N) is 1. The minimum absolute atomic E-state index is 0. The van der Waals surface area contributed by atoms with E-state index in [-0.39, 0.29) is 35.5 Å². The molecule has 0 aliphatic heterocycles. The van der Waals surface area contributed by atoms with Gasteiger partial charge in [0.15, 0.2) is 0 Å². The van der Waals surface area contributed by atoms with E-state index in [4.69, 9.17) is 24.8 Å². The van der Waals surface area contributed by atoms with Crippen LogP contribution in [0.1, 0.15) is 29.8 Å². The van der Waals surface area contributed by atoms with Crippen molar-refractivity contribution in [3.63, 3.8) is 0 Å². The van der Waals surface area contributed by atoms with Crippen molar-refractivity contribution in [3.8, 4) is 0 Å². The van der Waals surface area contributed by atoms with Crippen molar-refractivity contribution in [2.75, 3.05) is 39.8 Å². The summed E-state index contributed by atoms with van der Waals surface area (Å²) in [5.41, 5.74) is 1.86. The van der Waals surface area contributed by atoms with Gasteiger partial charge in [-0.25, -0.2) is 0 Å². The Balaban J connectivity index is 0.00000529. The monoisotopic (exact) mass is 375 g/mol. The van der Waals surface area contributed by atoms with Gasteiger partial charge >= 0.3 is 29.6 Å². The van der Waals surface area contributed by atoms with Crippen LogP contribution in [0.25, 0.3) is 0 Å². The van der Waals surface area contributed by atoms with Crippen LogP contribution < -0.4 is 34.9 Å². The summed E-state index contributed by atoms with van der Waals surface area (Å²) >= 11 is 9.90. The summed E-state index contributed by atoms with van der Waals surface area (Å²) < 4.78 is 0.481. The Bertz CT molecular complexity index is 507. The third-order valence-corrected chi connectivity index (χ3v) is 4.50. The Hall–Kier alpha value is -0.240. The van der Waals surface area contributed by atoms with Crippen molar-refractivity contribution in [1.82, 2.24) is 15.1 Å². The Kier molecular flexibility index (Phi) is 12.9. The van der Waals surface area contributed by atoms with Crippen molar-refractivity contribution in [3.05, 3.63) is 35.4 Å². The summed E-state index contributed by atoms with van der Waals surface area (Å²) in [5.74, 6) is -0.0208. The maximum absolute atomic E-state index is 12.1. The largest absolute Gasteiger partial charge is 1.00 e. The number of carbonyl (C=O) groups is 1. The van der Waals surface area contributed by atoms with Crippen LogP contribution in [0.15, 0.2) is 24.3 Å².